The molecular formula is C19H24N2O5. The maximum atomic E-state index is 11.9. The Balaban J connectivity index is 1.69. The first kappa shape index (κ1) is 19.5. The van der Waals surface area contributed by atoms with Crippen molar-refractivity contribution in [3.05, 3.63) is 41.0 Å². The minimum Gasteiger partial charge on any atom is -0.507 e. The highest BCUT2D eigenvalue weighted by Gasteiger charge is 2.16. The van der Waals surface area contributed by atoms with Crippen LogP contribution >= 0.6 is 0 Å². The summed E-state index contributed by atoms with van der Waals surface area (Å²) in [4.78, 5) is 35.2. The van der Waals surface area contributed by atoms with Crippen LogP contribution in [0.25, 0.3) is 0 Å². The van der Waals surface area contributed by atoms with Crippen LogP contribution in [0.1, 0.15) is 48.0 Å². The first-order chi connectivity index (χ1) is 12.5. The third kappa shape index (κ3) is 5.91. The first-order valence-corrected chi connectivity index (χ1v) is 8.68. The van der Waals surface area contributed by atoms with Gasteiger partial charge in [0.15, 0.2) is 6.61 Å². The summed E-state index contributed by atoms with van der Waals surface area (Å²) in [5, 5.41) is 14.5. The van der Waals surface area contributed by atoms with Crippen molar-refractivity contribution in [3.63, 3.8) is 0 Å². The number of aryl methyl sites for hydroxylation is 1. The number of ether oxygens (including phenoxy) is 1. The highest BCUT2D eigenvalue weighted by Crippen LogP contribution is 2.22. The normalized spacial score (nSPS) is 13.5. The number of allylic oxidation sites excluding steroid dienone is 1. The molecule has 0 bridgehead atoms. The van der Waals surface area contributed by atoms with E-state index in [9.17, 15) is 19.5 Å². The molecule has 1 aliphatic rings. The van der Waals surface area contributed by atoms with Gasteiger partial charge >= 0.3 is 12.0 Å². The molecule has 1 aromatic carbocycles. The molecule has 0 aliphatic heterocycles. The molecule has 0 radical (unpaired) electrons. The van der Waals surface area contributed by atoms with Crippen molar-refractivity contribution in [2.75, 3.05) is 13.2 Å². The third-order valence-corrected chi connectivity index (χ3v) is 4.16. The van der Waals surface area contributed by atoms with Gasteiger partial charge in [0.25, 0.3) is 5.91 Å². The molecule has 0 saturated carbocycles. The van der Waals surface area contributed by atoms with Gasteiger partial charge in [-0.2, -0.15) is 0 Å². The van der Waals surface area contributed by atoms with Crippen LogP contribution in [-0.4, -0.2) is 36.2 Å². The van der Waals surface area contributed by atoms with Crippen LogP contribution in [0.15, 0.2) is 29.8 Å². The van der Waals surface area contributed by atoms with Gasteiger partial charge < -0.3 is 15.2 Å². The number of aromatic hydroxyl groups is 1. The number of benzene rings is 1. The molecule has 0 saturated heterocycles. The summed E-state index contributed by atoms with van der Waals surface area (Å²) in [5.41, 5.74) is 1.83. The molecule has 3 N–H and O–H groups in total. The minimum atomic E-state index is -0.828. The number of para-hydroxylation sites is 1. The number of phenolic OH excluding ortho intramolecular Hbond substituents is 1. The Morgan fingerprint density at radius 2 is 2.04 bits per heavy atom. The predicted octanol–water partition coefficient (Wildman–Crippen LogP) is 2.57. The van der Waals surface area contributed by atoms with Crippen molar-refractivity contribution in [1.82, 2.24) is 10.6 Å². The number of amides is 3. The van der Waals surface area contributed by atoms with Crippen molar-refractivity contribution in [2.45, 2.75) is 39.0 Å². The van der Waals surface area contributed by atoms with Crippen LogP contribution in [0.2, 0.25) is 0 Å². The second-order valence-corrected chi connectivity index (χ2v) is 6.21. The molecule has 0 spiro atoms. The van der Waals surface area contributed by atoms with Gasteiger partial charge in [0, 0.05) is 6.54 Å². The van der Waals surface area contributed by atoms with E-state index in [-0.39, 0.29) is 11.3 Å². The quantitative estimate of drug-likeness (QED) is 0.534. The number of esters is 1. The Morgan fingerprint density at radius 3 is 2.77 bits per heavy atom. The number of hydrogen-bond donors (Lipinski definition) is 3. The molecule has 0 aromatic heterocycles. The minimum absolute atomic E-state index is 0.0250. The summed E-state index contributed by atoms with van der Waals surface area (Å²) >= 11 is 0. The van der Waals surface area contributed by atoms with Crippen LogP contribution < -0.4 is 10.6 Å². The monoisotopic (exact) mass is 360 g/mol. The lowest BCUT2D eigenvalue weighted by atomic mass is 9.97. The summed E-state index contributed by atoms with van der Waals surface area (Å²) in [7, 11) is 0. The molecule has 7 nitrogen and oxygen atoms in total. The lowest BCUT2D eigenvalue weighted by Gasteiger charge is -2.13. The highest BCUT2D eigenvalue weighted by atomic mass is 16.5. The zero-order valence-corrected chi connectivity index (χ0v) is 14.8. The smallest absolute Gasteiger partial charge is 0.342 e. The number of imide groups is 1. The molecule has 0 heterocycles. The molecule has 140 valence electrons. The molecule has 2 rings (SSSR count). The number of carbonyl (C=O) groups excluding carboxylic acids is 3. The van der Waals surface area contributed by atoms with Crippen molar-refractivity contribution in [2.24, 2.45) is 0 Å². The SMILES string of the molecule is Cc1cccc(C(=O)OCC(=O)NC(=O)NCCC2=CCCCC2)c1O. The zero-order valence-electron chi connectivity index (χ0n) is 14.8. The Morgan fingerprint density at radius 1 is 1.23 bits per heavy atom. The van der Waals surface area contributed by atoms with Gasteiger partial charge in [-0.05, 0) is 50.7 Å². The van der Waals surface area contributed by atoms with Crippen LogP contribution in [0.3, 0.4) is 0 Å². The van der Waals surface area contributed by atoms with E-state index >= 15 is 0 Å². The molecule has 26 heavy (non-hydrogen) atoms. The predicted molar refractivity (Wildman–Crippen MR) is 95.8 cm³/mol. The summed E-state index contributed by atoms with van der Waals surface area (Å²) in [6, 6.07) is 4.02. The Bertz CT molecular complexity index is 712. The highest BCUT2D eigenvalue weighted by molar-refractivity contribution is 5.97. The van der Waals surface area contributed by atoms with E-state index in [0.717, 1.165) is 19.3 Å². The van der Waals surface area contributed by atoms with Gasteiger partial charge in [0.1, 0.15) is 11.3 Å². The molecule has 3 amide bonds. The molecule has 1 aliphatic carbocycles. The van der Waals surface area contributed by atoms with Gasteiger partial charge in [0.2, 0.25) is 0 Å². The van der Waals surface area contributed by atoms with Crippen LogP contribution in [-0.2, 0) is 9.53 Å². The van der Waals surface area contributed by atoms with E-state index in [0.29, 0.717) is 12.1 Å². The molecule has 0 unspecified atom stereocenters. The number of nitrogens with one attached hydrogen (secondary N) is 2. The van der Waals surface area contributed by atoms with E-state index in [1.165, 1.54) is 24.5 Å². The summed E-state index contributed by atoms with van der Waals surface area (Å²) < 4.78 is 4.83. The van der Waals surface area contributed by atoms with Gasteiger partial charge in [0.05, 0.1) is 0 Å². The van der Waals surface area contributed by atoms with Gasteiger partial charge in [-0.25, -0.2) is 9.59 Å². The van der Waals surface area contributed by atoms with E-state index < -0.39 is 24.5 Å². The largest absolute Gasteiger partial charge is 0.507 e. The van der Waals surface area contributed by atoms with Crippen LogP contribution in [0, 0.1) is 6.92 Å². The number of phenols is 1. The topological polar surface area (TPSA) is 105 Å². The molecule has 0 atom stereocenters. The van der Waals surface area contributed by atoms with Gasteiger partial charge in [-0.1, -0.05) is 23.8 Å². The van der Waals surface area contributed by atoms with E-state index in [2.05, 4.69) is 16.7 Å². The number of urea groups is 1. The zero-order chi connectivity index (χ0) is 18.9. The Labute approximate surface area is 152 Å². The second-order valence-electron chi connectivity index (χ2n) is 6.21. The fourth-order valence-corrected chi connectivity index (χ4v) is 2.71. The van der Waals surface area contributed by atoms with Crippen molar-refractivity contribution in [3.8, 4) is 5.75 Å². The lowest BCUT2D eigenvalue weighted by Crippen LogP contribution is -2.41. The van der Waals surface area contributed by atoms with E-state index in [4.69, 9.17) is 4.74 Å². The summed E-state index contributed by atoms with van der Waals surface area (Å²) in [5.74, 6) is -1.75. The van der Waals surface area contributed by atoms with Crippen molar-refractivity contribution >= 4 is 17.9 Å². The van der Waals surface area contributed by atoms with Gasteiger partial charge in [-0.15, -0.1) is 0 Å². The average Bonchev–Trinajstić information content (AvgIpc) is 2.63. The summed E-state index contributed by atoms with van der Waals surface area (Å²) in [6.45, 7) is 1.49. The van der Waals surface area contributed by atoms with Gasteiger partial charge in [-0.3, -0.25) is 10.1 Å². The Hall–Kier alpha value is -2.83. The molecule has 0 fully saturated rings. The fraction of sp³-hybridized carbons (Fsp3) is 0.421. The summed E-state index contributed by atoms with van der Waals surface area (Å²) in [6.07, 6.45) is 7.51. The van der Waals surface area contributed by atoms with Crippen molar-refractivity contribution < 1.29 is 24.2 Å². The maximum Gasteiger partial charge on any atom is 0.342 e. The first-order valence-electron chi connectivity index (χ1n) is 8.68. The standard InChI is InChI=1S/C19H24N2O5/c1-13-6-5-9-15(17(13)23)18(24)26-12-16(22)21-19(25)20-11-10-14-7-3-2-4-8-14/h5-7,9,23H,2-4,8,10-12H2,1H3,(H2,20,21,22,25). The molecule has 1 aromatic rings. The second kappa shape index (κ2) is 9.60. The van der Waals surface area contributed by atoms with E-state index in [1.807, 2.05) is 0 Å². The maximum absolute atomic E-state index is 11.9. The lowest BCUT2D eigenvalue weighted by molar-refractivity contribution is -0.123. The van der Waals surface area contributed by atoms with Crippen LogP contribution in [0.4, 0.5) is 4.79 Å². The van der Waals surface area contributed by atoms with Crippen molar-refractivity contribution in [1.29, 1.82) is 0 Å². The third-order valence-electron chi connectivity index (χ3n) is 4.16. The number of hydrogen-bond acceptors (Lipinski definition) is 5. The molecular weight excluding hydrogens is 336 g/mol. The van der Waals surface area contributed by atoms with E-state index in [1.54, 1.807) is 19.1 Å². The number of carbonyl (C=O) groups is 3. The Kier molecular flexibility index (Phi) is 7.20. The van der Waals surface area contributed by atoms with Crippen LogP contribution in [0.5, 0.6) is 5.75 Å². The average molecular weight is 360 g/mol. The fourth-order valence-electron chi connectivity index (χ4n) is 2.71. The number of rotatable bonds is 6. The molecule has 7 heteroatoms.